The maximum absolute atomic E-state index is 12.4. The summed E-state index contributed by atoms with van der Waals surface area (Å²) in [5.41, 5.74) is 0. The van der Waals surface area contributed by atoms with E-state index >= 15 is 0 Å². The molecule has 5 nitrogen and oxygen atoms in total. The van der Waals surface area contributed by atoms with Gasteiger partial charge in [-0.2, -0.15) is 0 Å². The molecule has 0 amide bonds. The summed E-state index contributed by atoms with van der Waals surface area (Å²) in [5.74, 6) is 0.180. The fraction of sp³-hybridized carbons (Fsp3) is 0.929. The van der Waals surface area contributed by atoms with Crippen LogP contribution in [0.4, 0.5) is 0 Å². The molecule has 0 aromatic heterocycles. The van der Waals surface area contributed by atoms with Crippen molar-refractivity contribution in [3.05, 3.63) is 0 Å². The van der Waals surface area contributed by atoms with Gasteiger partial charge in [-0.25, -0.2) is 8.42 Å². The molecule has 1 aliphatic carbocycles. The number of sulfone groups is 1. The number of nitrogens with one attached hydrogen (secondary N) is 1. The first-order valence-corrected chi connectivity index (χ1v) is 9.57. The van der Waals surface area contributed by atoms with Gasteiger partial charge in [0.2, 0.25) is 0 Å². The van der Waals surface area contributed by atoms with Gasteiger partial charge in [0, 0.05) is 25.3 Å². The van der Waals surface area contributed by atoms with E-state index in [-0.39, 0.29) is 17.0 Å². The van der Waals surface area contributed by atoms with Gasteiger partial charge in [-0.1, -0.05) is 6.42 Å². The van der Waals surface area contributed by atoms with Crippen LogP contribution in [0.3, 0.4) is 0 Å². The second-order valence-corrected chi connectivity index (χ2v) is 8.49. The third kappa shape index (κ3) is 4.53. The zero-order valence-corrected chi connectivity index (χ0v) is 13.1. The standard InChI is InChI=1S/C14H26N2O3S/c1-20(18,19)13-5-2-4-12(10-13)14(17)11-16-8-3-6-15-7-9-16/h12-13,15H,2-11H2,1H3. The van der Waals surface area contributed by atoms with Crippen LogP contribution in [0, 0.1) is 5.92 Å². The van der Waals surface area contributed by atoms with Crippen molar-refractivity contribution in [2.24, 2.45) is 5.92 Å². The number of ketones is 1. The number of hydrogen-bond acceptors (Lipinski definition) is 5. The van der Waals surface area contributed by atoms with Crippen molar-refractivity contribution in [3.8, 4) is 0 Å². The first kappa shape index (κ1) is 15.9. The molecule has 1 aliphatic heterocycles. The Hall–Kier alpha value is -0.460. The summed E-state index contributed by atoms with van der Waals surface area (Å²) < 4.78 is 23.3. The van der Waals surface area contributed by atoms with Crippen molar-refractivity contribution < 1.29 is 13.2 Å². The molecule has 0 spiro atoms. The summed E-state index contributed by atoms with van der Waals surface area (Å²) in [7, 11) is -3.01. The molecule has 20 heavy (non-hydrogen) atoms. The zero-order valence-electron chi connectivity index (χ0n) is 12.3. The van der Waals surface area contributed by atoms with Crippen molar-refractivity contribution in [1.82, 2.24) is 10.2 Å². The number of Topliss-reactive ketones (excluding diaryl/α,β-unsaturated/α-hetero) is 1. The normalized spacial score (nSPS) is 29.9. The highest BCUT2D eigenvalue weighted by molar-refractivity contribution is 7.91. The van der Waals surface area contributed by atoms with E-state index in [0.717, 1.165) is 51.9 Å². The van der Waals surface area contributed by atoms with Gasteiger partial charge in [0.1, 0.15) is 15.6 Å². The molecule has 2 unspecified atom stereocenters. The van der Waals surface area contributed by atoms with Crippen LogP contribution in [0.2, 0.25) is 0 Å². The monoisotopic (exact) mass is 302 g/mol. The minimum atomic E-state index is -3.01. The average Bonchev–Trinajstić information content (AvgIpc) is 2.66. The lowest BCUT2D eigenvalue weighted by atomic mass is 9.85. The fourth-order valence-corrected chi connectivity index (χ4v) is 4.41. The lowest BCUT2D eigenvalue weighted by molar-refractivity contribution is -0.124. The summed E-state index contributed by atoms with van der Waals surface area (Å²) >= 11 is 0. The van der Waals surface area contributed by atoms with E-state index in [1.807, 2.05) is 0 Å². The SMILES string of the molecule is CS(=O)(=O)C1CCCC(C(=O)CN2CCCNCC2)C1. The molecule has 0 aromatic rings. The summed E-state index contributed by atoms with van der Waals surface area (Å²) in [6, 6.07) is 0. The highest BCUT2D eigenvalue weighted by atomic mass is 32.2. The van der Waals surface area contributed by atoms with E-state index in [1.165, 1.54) is 6.26 Å². The van der Waals surface area contributed by atoms with Crippen LogP contribution in [-0.2, 0) is 14.6 Å². The second-order valence-electron chi connectivity index (χ2n) is 6.16. The molecule has 2 fully saturated rings. The minimum absolute atomic E-state index is 0.0558. The van der Waals surface area contributed by atoms with Crippen LogP contribution in [0.1, 0.15) is 32.1 Å². The van der Waals surface area contributed by atoms with Gasteiger partial charge in [-0.3, -0.25) is 9.69 Å². The largest absolute Gasteiger partial charge is 0.315 e. The smallest absolute Gasteiger partial charge is 0.150 e. The Morgan fingerprint density at radius 3 is 2.75 bits per heavy atom. The summed E-state index contributed by atoms with van der Waals surface area (Å²) in [6.07, 6.45) is 5.33. The van der Waals surface area contributed by atoms with Crippen LogP contribution in [0.5, 0.6) is 0 Å². The van der Waals surface area contributed by atoms with Crippen molar-refractivity contribution >= 4 is 15.6 Å². The van der Waals surface area contributed by atoms with Crippen molar-refractivity contribution in [3.63, 3.8) is 0 Å². The zero-order chi connectivity index (χ0) is 14.6. The Kier molecular flexibility index (Phi) is 5.57. The van der Waals surface area contributed by atoms with E-state index in [0.29, 0.717) is 13.0 Å². The summed E-state index contributed by atoms with van der Waals surface area (Å²) in [5, 5.41) is 3.02. The van der Waals surface area contributed by atoms with Gasteiger partial charge < -0.3 is 5.32 Å². The molecule has 0 bridgehead atoms. The Labute approximate surface area is 122 Å². The Morgan fingerprint density at radius 1 is 1.20 bits per heavy atom. The molecular formula is C14H26N2O3S. The first-order chi connectivity index (χ1) is 9.47. The molecule has 1 saturated carbocycles. The van der Waals surface area contributed by atoms with Crippen molar-refractivity contribution in [2.45, 2.75) is 37.4 Å². The van der Waals surface area contributed by atoms with Gasteiger partial charge in [0.25, 0.3) is 0 Å². The molecule has 1 saturated heterocycles. The molecule has 1 heterocycles. The van der Waals surface area contributed by atoms with E-state index in [4.69, 9.17) is 0 Å². The van der Waals surface area contributed by atoms with E-state index < -0.39 is 9.84 Å². The average molecular weight is 302 g/mol. The minimum Gasteiger partial charge on any atom is -0.315 e. The third-order valence-corrected chi connectivity index (χ3v) is 6.14. The maximum atomic E-state index is 12.4. The van der Waals surface area contributed by atoms with Crippen LogP contribution in [0.25, 0.3) is 0 Å². The lowest BCUT2D eigenvalue weighted by Crippen LogP contribution is -2.38. The van der Waals surface area contributed by atoms with Gasteiger partial charge in [0.15, 0.2) is 0 Å². The topological polar surface area (TPSA) is 66.5 Å². The predicted octanol–water partition coefficient (Wildman–Crippen LogP) is 0.454. The summed E-state index contributed by atoms with van der Waals surface area (Å²) in [6.45, 7) is 4.31. The predicted molar refractivity (Wildman–Crippen MR) is 79.5 cm³/mol. The van der Waals surface area contributed by atoms with Gasteiger partial charge in [0.05, 0.1) is 11.8 Å². The maximum Gasteiger partial charge on any atom is 0.150 e. The number of carbonyl (C=O) groups is 1. The molecule has 6 heteroatoms. The quantitative estimate of drug-likeness (QED) is 0.817. The first-order valence-electron chi connectivity index (χ1n) is 7.61. The Bertz CT molecular complexity index is 428. The number of carbonyl (C=O) groups excluding carboxylic acids is 1. The number of nitrogens with zero attached hydrogens (tertiary/aromatic N) is 1. The molecule has 2 aliphatic rings. The fourth-order valence-electron chi connectivity index (χ4n) is 3.24. The van der Waals surface area contributed by atoms with Gasteiger partial charge >= 0.3 is 0 Å². The third-order valence-electron chi connectivity index (χ3n) is 4.50. The second kappa shape index (κ2) is 7.00. The Balaban J connectivity index is 1.88. The highest BCUT2D eigenvalue weighted by Gasteiger charge is 2.32. The van der Waals surface area contributed by atoms with E-state index in [1.54, 1.807) is 0 Å². The molecule has 2 rings (SSSR count). The molecule has 0 radical (unpaired) electrons. The lowest BCUT2D eigenvalue weighted by Gasteiger charge is -2.29. The highest BCUT2D eigenvalue weighted by Crippen LogP contribution is 2.29. The molecule has 2 atom stereocenters. The molecular weight excluding hydrogens is 276 g/mol. The number of rotatable bonds is 4. The van der Waals surface area contributed by atoms with Crippen molar-refractivity contribution in [2.75, 3.05) is 39.0 Å². The van der Waals surface area contributed by atoms with E-state index in [9.17, 15) is 13.2 Å². The van der Waals surface area contributed by atoms with Gasteiger partial charge in [-0.05, 0) is 38.8 Å². The van der Waals surface area contributed by atoms with Crippen molar-refractivity contribution in [1.29, 1.82) is 0 Å². The Morgan fingerprint density at radius 2 is 2.00 bits per heavy atom. The van der Waals surface area contributed by atoms with E-state index in [2.05, 4.69) is 10.2 Å². The van der Waals surface area contributed by atoms with Crippen LogP contribution < -0.4 is 5.32 Å². The molecule has 0 aromatic carbocycles. The molecule has 1 N–H and O–H groups in total. The number of hydrogen-bond donors (Lipinski definition) is 1. The van der Waals surface area contributed by atoms with Crippen LogP contribution >= 0.6 is 0 Å². The van der Waals surface area contributed by atoms with Crippen LogP contribution in [0.15, 0.2) is 0 Å². The summed E-state index contributed by atoms with van der Waals surface area (Å²) in [4.78, 5) is 14.6. The van der Waals surface area contributed by atoms with Crippen LogP contribution in [-0.4, -0.2) is 63.3 Å². The molecule has 116 valence electrons. The van der Waals surface area contributed by atoms with Gasteiger partial charge in [-0.15, -0.1) is 0 Å².